The first-order valence-electron chi connectivity index (χ1n) is 7.40. The fourth-order valence-corrected chi connectivity index (χ4v) is 3.40. The van der Waals surface area contributed by atoms with Gasteiger partial charge >= 0.3 is 0 Å². The minimum atomic E-state index is -0.0419. The number of halogens is 1. The molecule has 2 heterocycles. The number of likely N-dealkylation sites (N-methyl/N-ethyl adjacent to an activating group) is 2. The molecule has 1 atom stereocenters. The highest BCUT2D eigenvalue weighted by Crippen LogP contribution is 2.33. The minimum Gasteiger partial charge on any atom is -0.493 e. The quantitative estimate of drug-likeness (QED) is 0.850. The smallest absolute Gasteiger partial charge is 0.155 e. The van der Waals surface area contributed by atoms with E-state index in [4.69, 9.17) is 16.3 Å². The molecule has 0 radical (unpaired) electrons. The number of benzene rings is 1. The Hall–Kier alpha value is -1.10. The summed E-state index contributed by atoms with van der Waals surface area (Å²) in [6.07, 6.45) is 1.27. The molecule has 21 heavy (non-hydrogen) atoms. The fourth-order valence-electron chi connectivity index (χ4n) is 3.14. The predicted octanol–water partition coefficient (Wildman–Crippen LogP) is 1.63. The van der Waals surface area contributed by atoms with E-state index in [9.17, 15) is 4.79 Å². The van der Waals surface area contributed by atoms with Crippen molar-refractivity contribution in [2.45, 2.75) is 18.9 Å². The number of carbonyl (C=O) groups is 1. The van der Waals surface area contributed by atoms with Crippen LogP contribution >= 0.6 is 11.6 Å². The molecule has 0 bridgehead atoms. The van der Waals surface area contributed by atoms with Crippen LogP contribution in [0.4, 0.5) is 0 Å². The molecule has 114 valence electrons. The first kappa shape index (κ1) is 14.8. The Balaban J connectivity index is 1.79. The first-order chi connectivity index (χ1) is 10.0. The van der Waals surface area contributed by atoms with Crippen LogP contribution in [0.3, 0.4) is 0 Å². The molecule has 1 fully saturated rings. The van der Waals surface area contributed by atoms with Crippen molar-refractivity contribution in [3.8, 4) is 5.75 Å². The van der Waals surface area contributed by atoms with Gasteiger partial charge in [0, 0.05) is 43.1 Å². The highest BCUT2D eigenvalue weighted by atomic mass is 35.5. The maximum Gasteiger partial charge on any atom is 0.155 e. The summed E-state index contributed by atoms with van der Waals surface area (Å²) in [6, 6.07) is 3.77. The van der Waals surface area contributed by atoms with Gasteiger partial charge in [0.2, 0.25) is 0 Å². The largest absolute Gasteiger partial charge is 0.493 e. The van der Waals surface area contributed by atoms with Crippen LogP contribution in [-0.4, -0.2) is 62.0 Å². The topological polar surface area (TPSA) is 32.8 Å². The predicted molar refractivity (Wildman–Crippen MR) is 83.3 cm³/mol. The Labute approximate surface area is 130 Å². The number of hydrogen-bond donors (Lipinski definition) is 0. The van der Waals surface area contributed by atoms with Gasteiger partial charge in [0.1, 0.15) is 5.75 Å². The van der Waals surface area contributed by atoms with Crippen LogP contribution in [0, 0.1) is 0 Å². The summed E-state index contributed by atoms with van der Waals surface area (Å²) >= 11 is 6.16. The Morgan fingerprint density at radius 3 is 3.00 bits per heavy atom. The molecule has 1 unspecified atom stereocenters. The van der Waals surface area contributed by atoms with Crippen molar-refractivity contribution in [2.75, 3.05) is 40.3 Å². The standard InChI is InChI=1S/C16H21ClN2O2/c1-18-4-5-19(2)14(10-18)15(20)9-12-8-13(17)7-11-3-6-21-16(11)12/h7-8,14H,3-6,9-10H2,1-2H3. The van der Waals surface area contributed by atoms with Crippen molar-refractivity contribution < 1.29 is 9.53 Å². The van der Waals surface area contributed by atoms with Crippen LogP contribution in [0.2, 0.25) is 5.02 Å². The highest BCUT2D eigenvalue weighted by molar-refractivity contribution is 6.30. The van der Waals surface area contributed by atoms with E-state index in [0.717, 1.165) is 42.9 Å². The first-order valence-corrected chi connectivity index (χ1v) is 7.78. The average Bonchev–Trinajstić information content (AvgIpc) is 2.89. The number of piperazine rings is 1. The molecule has 4 nitrogen and oxygen atoms in total. The van der Waals surface area contributed by atoms with Gasteiger partial charge < -0.3 is 9.64 Å². The molecule has 0 saturated carbocycles. The molecule has 0 N–H and O–H groups in total. The number of rotatable bonds is 3. The summed E-state index contributed by atoms with van der Waals surface area (Å²) < 4.78 is 5.69. The third kappa shape index (κ3) is 3.07. The number of nitrogens with zero attached hydrogens (tertiary/aromatic N) is 2. The van der Waals surface area contributed by atoms with Gasteiger partial charge in [-0.05, 0) is 31.8 Å². The zero-order chi connectivity index (χ0) is 15.0. The van der Waals surface area contributed by atoms with Gasteiger partial charge in [-0.3, -0.25) is 9.69 Å². The second kappa shape index (κ2) is 5.95. The Morgan fingerprint density at radius 2 is 2.19 bits per heavy atom. The fraction of sp³-hybridized carbons (Fsp3) is 0.562. The van der Waals surface area contributed by atoms with Crippen LogP contribution in [0.5, 0.6) is 5.75 Å². The third-order valence-electron chi connectivity index (χ3n) is 4.41. The Kier molecular flexibility index (Phi) is 4.20. The average molecular weight is 309 g/mol. The van der Waals surface area contributed by atoms with Gasteiger partial charge in [-0.2, -0.15) is 0 Å². The van der Waals surface area contributed by atoms with E-state index in [1.807, 2.05) is 19.2 Å². The Morgan fingerprint density at radius 1 is 1.38 bits per heavy atom. The molecule has 0 amide bonds. The van der Waals surface area contributed by atoms with E-state index in [1.165, 1.54) is 0 Å². The van der Waals surface area contributed by atoms with E-state index in [-0.39, 0.29) is 11.8 Å². The van der Waals surface area contributed by atoms with Gasteiger partial charge in [0.15, 0.2) is 5.78 Å². The molecule has 0 aliphatic carbocycles. The van der Waals surface area contributed by atoms with Crippen LogP contribution in [0.15, 0.2) is 12.1 Å². The van der Waals surface area contributed by atoms with E-state index in [0.29, 0.717) is 18.1 Å². The lowest BCUT2D eigenvalue weighted by Crippen LogP contribution is -2.53. The van der Waals surface area contributed by atoms with Crippen LogP contribution in [0.1, 0.15) is 11.1 Å². The van der Waals surface area contributed by atoms with Crippen molar-refractivity contribution in [3.63, 3.8) is 0 Å². The molecular weight excluding hydrogens is 288 g/mol. The summed E-state index contributed by atoms with van der Waals surface area (Å²) in [5, 5.41) is 0.691. The molecule has 2 aliphatic rings. The molecular formula is C16H21ClN2O2. The van der Waals surface area contributed by atoms with E-state index >= 15 is 0 Å². The molecule has 0 aromatic heterocycles. The van der Waals surface area contributed by atoms with Gasteiger partial charge in [0.05, 0.1) is 12.6 Å². The lowest BCUT2D eigenvalue weighted by Gasteiger charge is -2.36. The molecule has 1 saturated heterocycles. The number of carbonyl (C=O) groups excluding carboxylic acids is 1. The van der Waals surface area contributed by atoms with Gasteiger partial charge in [0.25, 0.3) is 0 Å². The van der Waals surface area contributed by atoms with Crippen LogP contribution in [0.25, 0.3) is 0 Å². The van der Waals surface area contributed by atoms with Crippen LogP contribution < -0.4 is 4.74 Å². The molecule has 2 aliphatic heterocycles. The monoisotopic (exact) mass is 308 g/mol. The molecule has 1 aromatic carbocycles. The Bertz CT molecular complexity index is 561. The van der Waals surface area contributed by atoms with E-state index < -0.39 is 0 Å². The second-order valence-electron chi connectivity index (χ2n) is 6.05. The van der Waals surface area contributed by atoms with Gasteiger partial charge in [-0.1, -0.05) is 11.6 Å². The zero-order valence-corrected chi connectivity index (χ0v) is 13.3. The maximum atomic E-state index is 12.7. The lowest BCUT2D eigenvalue weighted by atomic mass is 9.98. The normalized spacial score (nSPS) is 22.9. The van der Waals surface area contributed by atoms with Crippen LogP contribution in [-0.2, 0) is 17.6 Å². The zero-order valence-electron chi connectivity index (χ0n) is 12.6. The molecule has 0 spiro atoms. The molecule has 5 heteroatoms. The third-order valence-corrected chi connectivity index (χ3v) is 4.63. The maximum absolute atomic E-state index is 12.7. The van der Waals surface area contributed by atoms with Crippen molar-refractivity contribution in [3.05, 3.63) is 28.3 Å². The number of ketones is 1. The van der Waals surface area contributed by atoms with Crippen molar-refractivity contribution in [2.24, 2.45) is 0 Å². The minimum absolute atomic E-state index is 0.0419. The summed E-state index contributed by atoms with van der Waals surface area (Å²) in [7, 11) is 4.09. The highest BCUT2D eigenvalue weighted by Gasteiger charge is 2.29. The summed E-state index contributed by atoms with van der Waals surface area (Å²) in [4.78, 5) is 17.0. The van der Waals surface area contributed by atoms with Crippen molar-refractivity contribution >= 4 is 17.4 Å². The SMILES string of the molecule is CN1CCN(C)C(C(=O)Cc2cc(Cl)cc3c2OCC3)C1. The number of Topliss-reactive ketones (excluding diaryl/α,β-unsaturated/α-hetero) is 1. The summed E-state index contributed by atoms with van der Waals surface area (Å²) in [6.45, 7) is 3.41. The number of ether oxygens (including phenoxy) is 1. The molecule has 3 rings (SSSR count). The number of fused-ring (bicyclic) bond motifs is 1. The van der Waals surface area contributed by atoms with Gasteiger partial charge in [-0.15, -0.1) is 0 Å². The summed E-state index contributed by atoms with van der Waals surface area (Å²) in [5.74, 6) is 1.11. The van der Waals surface area contributed by atoms with E-state index in [2.05, 4.69) is 16.8 Å². The van der Waals surface area contributed by atoms with Gasteiger partial charge in [-0.25, -0.2) is 0 Å². The second-order valence-corrected chi connectivity index (χ2v) is 6.49. The van der Waals surface area contributed by atoms with Crippen molar-refractivity contribution in [1.29, 1.82) is 0 Å². The number of hydrogen-bond acceptors (Lipinski definition) is 4. The van der Waals surface area contributed by atoms with E-state index in [1.54, 1.807) is 0 Å². The molecule has 1 aromatic rings. The van der Waals surface area contributed by atoms with Crippen molar-refractivity contribution in [1.82, 2.24) is 9.80 Å². The lowest BCUT2D eigenvalue weighted by molar-refractivity contribution is -0.125. The summed E-state index contributed by atoms with van der Waals surface area (Å²) in [5.41, 5.74) is 2.06.